The van der Waals surface area contributed by atoms with Crippen molar-refractivity contribution in [2.45, 2.75) is 39.2 Å². The maximum atomic E-state index is 11.9. The van der Waals surface area contributed by atoms with Crippen LogP contribution in [0.1, 0.15) is 37.3 Å². The third-order valence-electron chi connectivity index (χ3n) is 3.38. The lowest BCUT2D eigenvalue weighted by molar-refractivity contribution is -0.121. The van der Waals surface area contributed by atoms with E-state index >= 15 is 0 Å². The van der Waals surface area contributed by atoms with E-state index < -0.39 is 0 Å². The molecule has 0 saturated heterocycles. The first-order valence-electron chi connectivity index (χ1n) is 7.77. The van der Waals surface area contributed by atoms with Crippen molar-refractivity contribution in [1.29, 1.82) is 0 Å². The summed E-state index contributed by atoms with van der Waals surface area (Å²) in [7, 11) is 0. The molecular formula is C18H23NO2S. The van der Waals surface area contributed by atoms with Crippen LogP contribution in [0.4, 0.5) is 0 Å². The van der Waals surface area contributed by atoms with E-state index in [2.05, 4.69) is 23.7 Å². The van der Waals surface area contributed by atoms with Crippen LogP contribution < -0.4 is 10.1 Å². The van der Waals surface area contributed by atoms with Gasteiger partial charge in [-0.15, -0.1) is 0 Å². The molecule has 3 nitrogen and oxygen atoms in total. The van der Waals surface area contributed by atoms with Gasteiger partial charge in [0.05, 0.1) is 6.61 Å². The molecule has 118 valence electrons. The van der Waals surface area contributed by atoms with Gasteiger partial charge >= 0.3 is 0 Å². The first kappa shape index (κ1) is 16.6. The Hall–Kier alpha value is -1.81. The largest absolute Gasteiger partial charge is 0.494 e. The van der Waals surface area contributed by atoms with Crippen LogP contribution >= 0.6 is 11.3 Å². The Balaban J connectivity index is 1.73. The second kappa shape index (κ2) is 9.26. The minimum Gasteiger partial charge on any atom is -0.494 e. The van der Waals surface area contributed by atoms with E-state index in [1.165, 1.54) is 5.56 Å². The molecule has 0 atom stereocenters. The lowest BCUT2D eigenvalue weighted by atomic mass is 10.1. The van der Waals surface area contributed by atoms with E-state index in [9.17, 15) is 4.79 Å². The highest BCUT2D eigenvalue weighted by atomic mass is 32.1. The maximum Gasteiger partial charge on any atom is 0.220 e. The number of unbranched alkanes of at least 4 members (excludes halogenated alkanes) is 1. The van der Waals surface area contributed by atoms with Crippen molar-refractivity contribution >= 4 is 17.2 Å². The topological polar surface area (TPSA) is 38.3 Å². The fourth-order valence-electron chi connectivity index (χ4n) is 2.06. The van der Waals surface area contributed by atoms with Gasteiger partial charge in [-0.1, -0.05) is 25.5 Å². The monoisotopic (exact) mass is 317 g/mol. The number of nitrogens with one attached hydrogen (secondary N) is 1. The zero-order chi connectivity index (χ0) is 15.6. The van der Waals surface area contributed by atoms with Gasteiger partial charge in [-0.05, 0) is 52.9 Å². The Bertz CT molecular complexity index is 566. The van der Waals surface area contributed by atoms with Crippen LogP contribution in [0.25, 0.3) is 0 Å². The minimum atomic E-state index is 0.0866. The van der Waals surface area contributed by atoms with Crippen LogP contribution in [0.3, 0.4) is 0 Å². The summed E-state index contributed by atoms with van der Waals surface area (Å²) in [5.41, 5.74) is 2.30. The highest BCUT2D eigenvalue weighted by Crippen LogP contribution is 2.14. The molecule has 2 aromatic rings. The van der Waals surface area contributed by atoms with Crippen molar-refractivity contribution in [3.63, 3.8) is 0 Å². The first-order valence-corrected chi connectivity index (χ1v) is 8.71. The Morgan fingerprint density at radius 2 is 2.18 bits per heavy atom. The van der Waals surface area contributed by atoms with Crippen molar-refractivity contribution in [3.8, 4) is 5.75 Å². The van der Waals surface area contributed by atoms with Gasteiger partial charge < -0.3 is 10.1 Å². The van der Waals surface area contributed by atoms with E-state index in [1.807, 2.05) is 29.6 Å². The van der Waals surface area contributed by atoms with E-state index in [0.717, 1.165) is 37.2 Å². The molecule has 0 bridgehead atoms. The zero-order valence-corrected chi connectivity index (χ0v) is 13.8. The third-order valence-corrected chi connectivity index (χ3v) is 4.11. The van der Waals surface area contributed by atoms with Gasteiger partial charge in [-0.2, -0.15) is 11.3 Å². The molecular weight excluding hydrogens is 294 g/mol. The van der Waals surface area contributed by atoms with E-state index in [1.54, 1.807) is 11.3 Å². The SMILES string of the molecule is CCCCOc1cccc(CNC(=O)CCc2ccsc2)c1. The molecule has 0 aliphatic heterocycles. The predicted molar refractivity (Wildman–Crippen MR) is 91.3 cm³/mol. The van der Waals surface area contributed by atoms with E-state index in [0.29, 0.717) is 13.0 Å². The molecule has 0 spiro atoms. The van der Waals surface area contributed by atoms with Crippen molar-refractivity contribution in [2.24, 2.45) is 0 Å². The van der Waals surface area contributed by atoms with Crippen LogP contribution in [0.2, 0.25) is 0 Å². The summed E-state index contributed by atoms with van der Waals surface area (Å²) in [6.07, 6.45) is 3.52. The van der Waals surface area contributed by atoms with E-state index in [4.69, 9.17) is 4.74 Å². The maximum absolute atomic E-state index is 11.9. The standard InChI is InChI=1S/C18H23NO2S/c1-2-3-10-21-17-6-4-5-16(12-17)13-19-18(20)8-7-15-9-11-22-14-15/h4-6,9,11-12,14H,2-3,7-8,10,13H2,1H3,(H,19,20). The lowest BCUT2D eigenvalue weighted by Gasteiger charge is -2.08. The Kier molecular flexibility index (Phi) is 6.97. The van der Waals surface area contributed by atoms with Crippen LogP contribution in [-0.2, 0) is 17.8 Å². The number of hydrogen-bond donors (Lipinski definition) is 1. The number of benzene rings is 1. The van der Waals surface area contributed by atoms with Crippen molar-refractivity contribution < 1.29 is 9.53 Å². The van der Waals surface area contributed by atoms with Crippen molar-refractivity contribution in [1.82, 2.24) is 5.32 Å². The molecule has 0 aliphatic carbocycles. The highest BCUT2D eigenvalue weighted by molar-refractivity contribution is 7.07. The number of thiophene rings is 1. The second-order valence-corrected chi connectivity index (χ2v) is 6.04. The number of ether oxygens (including phenoxy) is 1. The lowest BCUT2D eigenvalue weighted by Crippen LogP contribution is -2.22. The van der Waals surface area contributed by atoms with Crippen molar-refractivity contribution in [2.75, 3.05) is 6.61 Å². The molecule has 0 aliphatic rings. The molecule has 4 heteroatoms. The smallest absolute Gasteiger partial charge is 0.220 e. The molecule has 1 heterocycles. The summed E-state index contributed by atoms with van der Waals surface area (Å²) in [4.78, 5) is 11.9. The molecule has 0 saturated carbocycles. The van der Waals surface area contributed by atoms with Gasteiger partial charge in [0.25, 0.3) is 0 Å². The van der Waals surface area contributed by atoms with Gasteiger partial charge in [0.2, 0.25) is 5.91 Å². The summed E-state index contributed by atoms with van der Waals surface area (Å²) in [5.74, 6) is 0.960. The number of carbonyl (C=O) groups is 1. The van der Waals surface area contributed by atoms with Crippen molar-refractivity contribution in [3.05, 3.63) is 52.2 Å². The zero-order valence-electron chi connectivity index (χ0n) is 13.0. The van der Waals surface area contributed by atoms with Gasteiger partial charge in [0.15, 0.2) is 0 Å². The number of rotatable bonds is 9. The Morgan fingerprint density at radius 1 is 1.27 bits per heavy atom. The summed E-state index contributed by atoms with van der Waals surface area (Å²) in [6, 6.07) is 9.99. The molecule has 1 aromatic heterocycles. The normalized spacial score (nSPS) is 10.4. The second-order valence-electron chi connectivity index (χ2n) is 5.26. The average molecular weight is 317 g/mol. The molecule has 0 unspecified atom stereocenters. The van der Waals surface area contributed by atoms with Gasteiger partial charge in [0, 0.05) is 13.0 Å². The first-order chi connectivity index (χ1) is 10.8. The molecule has 22 heavy (non-hydrogen) atoms. The molecule has 1 amide bonds. The number of aryl methyl sites for hydroxylation is 1. The summed E-state index contributed by atoms with van der Waals surface area (Å²) >= 11 is 1.67. The fourth-order valence-corrected chi connectivity index (χ4v) is 2.76. The molecule has 0 fully saturated rings. The number of amides is 1. The van der Waals surface area contributed by atoms with Crippen LogP contribution in [-0.4, -0.2) is 12.5 Å². The Labute approximate surface area is 136 Å². The highest BCUT2D eigenvalue weighted by Gasteiger charge is 2.03. The molecule has 1 aromatic carbocycles. The quantitative estimate of drug-likeness (QED) is 0.705. The van der Waals surface area contributed by atoms with Crippen LogP contribution in [0.5, 0.6) is 5.75 Å². The summed E-state index contributed by atoms with van der Waals surface area (Å²) in [6.45, 7) is 3.44. The fraction of sp³-hybridized carbons (Fsp3) is 0.389. The Morgan fingerprint density at radius 3 is 2.95 bits per heavy atom. The number of hydrogen-bond acceptors (Lipinski definition) is 3. The summed E-state index contributed by atoms with van der Waals surface area (Å²) < 4.78 is 5.68. The van der Waals surface area contributed by atoms with Gasteiger partial charge in [-0.3, -0.25) is 4.79 Å². The van der Waals surface area contributed by atoms with Gasteiger partial charge in [-0.25, -0.2) is 0 Å². The van der Waals surface area contributed by atoms with E-state index in [-0.39, 0.29) is 5.91 Å². The number of carbonyl (C=O) groups excluding carboxylic acids is 1. The molecule has 2 rings (SSSR count). The predicted octanol–water partition coefficient (Wildman–Crippen LogP) is 4.18. The van der Waals surface area contributed by atoms with Crippen LogP contribution in [0.15, 0.2) is 41.1 Å². The minimum absolute atomic E-state index is 0.0866. The van der Waals surface area contributed by atoms with Gasteiger partial charge in [0.1, 0.15) is 5.75 Å². The summed E-state index contributed by atoms with van der Waals surface area (Å²) in [5, 5.41) is 7.09. The molecule has 1 N–H and O–H groups in total. The third kappa shape index (κ3) is 5.90. The molecule has 0 radical (unpaired) electrons. The van der Waals surface area contributed by atoms with Crippen LogP contribution in [0, 0.1) is 0 Å². The average Bonchev–Trinajstić information content (AvgIpc) is 3.05.